The monoisotopic (exact) mass is 181 g/mol. The number of hydrazine groups is 1. The predicted molar refractivity (Wildman–Crippen MR) is 52.0 cm³/mol. The summed E-state index contributed by atoms with van der Waals surface area (Å²) in [6, 6.07) is 3.77. The number of hydrogen-bond acceptors (Lipinski definition) is 4. The maximum Gasteiger partial charge on any atom is 0.140 e. The molecule has 0 aliphatic rings. The molecule has 0 atom stereocenters. The first-order valence-electron chi connectivity index (χ1n) is 4.25. The Balaban J connectivity index is 2.56. The lowest BCUT2D eigenvalue weighted by Gasteiger charge is -2.07. The van der Waals surface area contributed by atoms with Crippen LogP contribution in [0.3, 0.4) is 0 Å². The van der Waals surface area contributed by atoms with Gasteiger partial charge in [0.25, 0.3) is 0 Å². The molecule has 72 valence electrons. The van der Waals surface area contributed by atoms with Crippen LogP contribution in [-0.4, -0.2) is 11.1 Å². The lowest BCUT2D eigenvalue weighted by atomic mass is 10.3. The van der Waals surface area contributed by atoms with Crippen LogP contribution in [0.2, 0.25) is 0 Å². The number of nitrogen functional groups attached to an aromatic ring is 1. The van der Waals surface area contributed by atoms with Crippen molar-refractivity contribution in [2.75, 3.05) is 5.43 Å². The minimum atomic E-state index is 0.238. The first kappa shape index (κ1) is 9.95. The van der Waals surface area contributed by atoms with Crippen LogP contribution in [0.1, 0.15) is 19.4 Å². The van der Waals surface area contributed by atoms with Crippen LogP contribution < -0.4 is 11.3 Å². The van der Waals surface area contributed by atoms with Gasteiger partial charge in [-0.15, -0.1) is 0 Å². The molecule has 0 unspecified atom stereocenters. The summed E-state index contributed by atoms with van der Waals surface area (Å²) in [7, 11) is 0. The Hall–Kier alpha value is -1.13. The molecule has 0 spiro atoms. The van der Waals surface area contributed by atoms with Crippen molar-refractivity contribution in [3.05, 3.63) is 23.9 Å². The molecule has 3 N–H and O–H groups in total. The SMILES string of the molecule is CC(C)OCc1ccnc(NN)c1. The summed E-state index contributed by atoms with van der Waals surface area (Å²) >= 11 is 0. The van der Waals surface area contributed by atoms with Crippen molar-refractivity contribution >= 4 is 5.82 Å². The summed E-state index contributed by atoms with van der Waals surface area (Å²) in [6.45, 7) is 4.60. The van der Waals surface area contributed by atoms with E-state index in [9.17, 15) is 0 Å². The topological polar surface area (TPSA) is 60.2 Å². The number of pyridine rings is 1. The maximum absolute atomic E-state index is 5.43. The molecule has 0 bridgehead atoms. The highest BCUT2D eigenvalue weighted by atomic mass is 16.5. The number of nitrogens with two attached hydrogens (primary N) is 1. The van der Waals surface area contributed by atoms with Crippen molar-refractivity contribution in [3.63, 3.8) is 0 Å². The van der Waals surface area contributed by atoms with Crippen LogP contribution in [0.25, 0.3) is 0 Å². The van der Waals surface area contributed by atoms with Crippen molar-refractivity contribution in [3.8, 4) is 0 Å². The maximum atomic E-state index is 5.43. The highest BCUT2D eigenvalue weighted by molar-refractivity contribution is 5.35. The van der Waals surface area contributed by atoms with E-state index < -0.39 is 0 Å². The van der Waals surface area contributed by atoms with E-state index in [-0.39, 0.29) is 6.10 Å². The van der Waals surface area contributed by atoms with E-state index in [0.29, 0.717) is 12.4 Å². The van der Waals surface area contributed by atoms with Crippen LogP contribution in [0, 0.1) is 0 Å². The lowest BCUT2D eigenvalue weighted by molar-refractivity contribution is 0.0657. The van der Waals surface area contributed by atoms with Gasteiger partial charge in [-0.05, 0) is 31.5 Å². The Morgan fingerprint density at radius 2 is 2.38 bits per heavy atom. The predicted octanol–water partition coefficient (Wildman–Crippen LogP) is 1.29. The van der Waals surface area contributed by atoms with E-state index in [2.05, 4.69) is 10.4 Å². The van der Waals surface area contributed by atoms with E-state index in [1.165, 1.54) is 0 Å². The van der Waals surface area contributed by atoms with E-state index >= 15 is 0 Å². The van der Waals surface area contributed by atoms with Gasteiger partial charge in [0.15, 0.2) is 0 Å². The van der Waals surface area contributed by atoms with Gasteiger partial charge in [-0.3, -0.25) is 0 Å². The quantitative estimate of drug-likeness (QED) is 0.543. The second-order valence-electron chi connectivity index (χ2n) is 3.05. The zero-order valence-electron chi connectivity index (χ0n) is 7.95. The van der Waals surface area contributed by atoms with Gasteiger partial charge in [0.2, 0.25) is 0 Å². The third kappa shape index (κ3) is 3.40. The van der Waals surface area contributed by atoms with Crippen molar-refractivity contribution in [1.29, 1.82) is 0 Å². The molecule has 0 saturated carbocycles. The number of ether oxygens (including phenoxy) is 1. The summed E-state index contributed by atoms with van der Waals surface area (Å²) in [4.78, 5) is 3.99. The fourth-order valence-electron chi connectivity index (χ4n) is 0.906. The van der Waals surface area contributed by atoms with E-state index in [0.717, 1.165) is 5.56 Å². The van der Waals surface area contributed by atoms with Gasteiger partial charge in [0.1, 0.15) is 5.82 Å². The van der Waals surface area contributed by atoms with E-state index in [1.54, 1.807) is 6.20 Å². The summed E-state index contributed by atoms with van der Waals surface area (Å²) in [5.41, 5.74) is 3.55. The summed E-state index contributed by atoms with van der Waals surface area (Å²) < 4.78 is 5.43. The zero-order chi connectivity index (χ0) is 9.68. The van der Waals surface area contributed by atoms with Crippen LogP contribution in [0.4, 0.5) is 5.82 Å². The number of nitrogens with zero attached hydrogens (tertiary/aromatic N) is 1. The van der Waals surface area contributed by atoms with Gasteiger partial charge < -0.3 is 10.2 Å². The van der Waals surface area contributed by atoms with Crippen molar-refractivity contribution in [1.82, 2.24) is 4.98 Å². The van der Waals surface area contributed by atoms with E-state index in [4.69, 9.17) is 10.6 Å². The molecule has 0 aromatic carbocycles. The second-order valence-corrected chi connectivity index (χ2v) is 3.05. The van der Waals surface area contributed by atoms with Crippen LogP contribution in [0.15, 0.2) is 18.3 Å². The molecule has 0 amide bonds. The molecule has 0 radical (unpaired) electrons. The van der Waals surface area contributed by atoms with Crippen molar-refractivity contribution in [2.24, 2.45) is 5.84 Å². The molecule has 1 heterocycles. The molecular weight excluding hydrogens is 166 g/mol. The average Bonchev–Trinajstić information content (AvgIpc) is 2.15. The highest BCUT2D eigenvalue weighted by Gasteiger charge is 1.97. The number of hydrogen-bond donors (Lipinski definition) is 2. The molecule has 1 aromatic rings. The summed E-state index contributed by atoms with van der Waals surface area (Å²) in [5, 5.41) is 0. The Labute approximate surface area is 78.1 Å². The van der Waals surface area contributed by atoms with Gasteiger partial charge in [-0.2, -0.15) is 0 Å². The molecule has 0 aliphatic heterocycles. The smallest absolute Gasteiger partial charge is 0.140 e. The number of aromatic nitrogens is 1. The molecule has 4 heteroatoms. The van der Waals surface area contributed by atoms with Crippen LogP contribution in [0.5, 0.6) is 0 Å². The molecular formula is C9H15N3O. The van der Waals surface area contributed by atoms with Gasteiger partial charge in [0, 0.05) is 6.20 Å². The summed E-state index contributed by atoms with van der Waals surface area (Å²) in [5.74, 6) is 5.88. The molecule has 13 heavy (non-hydrogen) atoms. The Bertz CT molecular complexity index is 263. The van der Waals surface area contributed by atoms with Gasteiger partial charge in [-0.25, -0.2) is 10.8 Å². The second kappa shape index (κ2) is 4.79. The Kier molecular flexibility index (Phi) is 3.67. The highest BCUT2D eigenvalue weighted by Crippen LogP contribution is 2.07. The fraction of sp³-hybridized carbons (Fsp3) is 0.444. The first-order chi connectivity index (χ1) is 6.22. The third-order valence-corrected chi connectivity index (χ3v) is 1.56. The average molecular weight is 181 g/mol. The standard InChI is InChI=1S/C9H15N3O/c1-7(2)13-6-8-3-4-11-9(5-8)12-10/h3-5,7H,6,10H2,1-2H3,(H,11,12). The van der Waals surface area contributed by atoms with Gasteiger partial charge in [0.05, 0.1) is 12.7 Å². The Morgan fingerprint density at radius 1 is 1.62 bits per heavy atom. The normalized spacial score (nSPS) is 10.5. The molecule has 0 fully saturated rings. The lowest BCUT2D eigenvalue weighted by Crippen LogP contribution is -2.09. The number of nitrogens with one attached hydrogen (secondary N) is 1. The minimum Gasteiger partial charge on any atom is -0.374 e. The third-order valence-electron chi connectivity index (χ3n) is 1.56. The van der Waals surface area contributed by atoms with E-state index in [1.807, 2.05) is 26.0 Å². The Morgan fingerprint density at radius 3 is 3.00 bits per heavy atom. The minimum absolute atomic E-state index is 0.238. The molecule has 0 saturated heterocycles. The molecule has 1 rings (SSSR count). The van der Waals surface area contributed by atoms with Gasteiger partial charge in [-0.1, -0.05) is 0 Å². The van der Waals surface area contributed by atoms with Gasteiger partial charge >= 0.3 is 0 Å². The largest absolute Gasteiger partial charge is 0.374 e. The zero-order valence-corrected chi connectivity index (χ0v) is 7.95. The van der Waals surface area contributed by atoms with Crippen molar-refractivity contribution < 1.29 is 4.74 Å². The molecule has 4 nitrogen and oxygen atoms in total. The molecule has 1 aromatic heterocycles. The van der Waals surface area contributed by atoms with Crippen LogP contribution >= 0.6 is 0 Å². The fourth-order valence-corrected chi connectivity index (χ4v) is 0.906. The number of rotatable bonds is 4. The van der Waals surface area contributed by atoms with Crippen molar-refractivity contribution in [2.45, 2.75) is 26.6 Å². The van der Waals surface area contributed by atoms with Crippen LogP contribution in [-0.2, 0) is 11.3 Å². The number of anilines is 1. The summed E-state index contributed by atoms with van der Waals surface area (Å²) in [6.07, 6.45) is 1.94. The molecule has 0 aliphatic carbocycles. The first-order valence-corrected chi connectivity index (χ1v) is 4.25.